The third-order valence-corrected chi connectivity index (χ3v) is 4.42. The zero-order chi connectivity index (χ0) is 17.0. The Morgan fingerprint density at radius 1 is 1.22 bits per heavy atom. The molecule has 5 heteroatoms. The summed E-state index contributed by atoms with van der Waals surface area (Å²) in [5.41, 5.74) is 2.28. The Labute approximate surface area is 138 Å². The second-order valence-corrected chi connectivity index (χ2v) is 6.07. The van der Waals surface area contributed by atoms with Crippen LogP contribution in [0.15, 0.2) is 18.2 Å². The lowest BCUT2D eigenvalue weighted by atomic mass is 10.1. The number of rotatable bonds is 6. The minimum absolute atomic E-state index is 0.00452. The first-order valence-corrected chi connectivity index (χ1v) is 8.23. The molecule has 0 spiro atoms. The van der Waals surface area contributed by atoms with Crippen LogP contribution >= 0.6 is 0 Å². The molecule has 0 radical (unpaired) electrons. The number of carbonyl (C=O) groups is 2. The van der Waals surface area contributed by atoms with Gasteiger partial charge in [-0.2, -0.15) is 0 Å². The Hall–Kier alpha value is -2.04. The molecule has 23 heavy (non-hydrogen) atoms. The van der Waals surface area contributed by atoms with Crippen molar-refractivity contribution in [3.8, 4) is 5.75 Å². The summed E-state index contributed by atoms with van der Waals surface area (Å²) >= 11 is 0. The molecule has 0 bridgehead atoms. The van der Waals surface area contributed by atoms with E-state index in [1.807, 2.05) is 39.0 Å². The van der Waals surface area contributed by atoms with Crippen LogP contribution in [0, 0.1) is 13.8 Å². The molecule has 1 aliphatic rings. The standard InChI is InChI=1S/C18H26N2O3/c1-5-9-19-12-17(21)20(15(4)18(19)22)10-11-23-16-8-6-7-13(2)14(16)3/h6-8,15H,5,9-12H2,1-4H3/t15-/m0/s1. The summed E-state index contributed by atoms with van der Waals surface area (Å²) in [4.78, 5) is 27.8. The minimum atomic E-state index is -0.412. The molecule has 0 N–H and O–H groups in total. The van der Waals surface area contributed by atoms with Gasteiger partial charge in [0.05, 0.1) is 13.1 Å². The molecular weight excluding hydrogens is 292 g/mol. The average molecular weight is 318 g/mol. The number of hydrogen-bond acceptors (Lipinski definition) is 3. The van der Waals surface area contributed by atoms with E-state index in [1.54, 1.807) is 16.7 Å². The number of hydrogen-bond donors (Lipinski definition) is 0. The first kappa shape index (κ1) is 17.3. The number of benzene rings is 1. The van der Waals surface area contributed by atoms with Gasteiger partial charge in [0, 0.05) is 6.54 Å². The Balaban J connectivity index is 1.94. The summed E-state index contributed by atoms with van der Waals surface area (Å²) in [6.07, 6.45) is 0.863. The van der Waals surface area contributed by atoms with Crippen LogP contribution in [0.2, 0.25) is 0 Å². The SMILES string of the molecule is CCCN1CC(=O)N(CCOc2cccc(C)c2C)[C@@H](C)C1=O. The minimum Gasteiger partial charge on any atom is -0.491 e. The van der Waals surface area contributed by atoms with Gasteiger partial charge in [-0.1, -0.05) is 19.1 Å². The zero-order valence-corrected chi connectivity index (χ0v) is 14.5. The molecule has 0 aliphatic carbocycles. The number of carbonyl (C=O) groups excluding carboxylic acids is 2. The molecule has 1 aliphatic heterocycles. The van der Waals surface area contributed by atoms with Crippen LogP contribution in [-0.2, 0) is 9.59 Å². The van der Waals surface area contributed by atoms with E-state index in [2.05, 4.69) is 0 Å². The largest absolute Gasteiger partial charge is 0.491 e. The summed E-state index contributed by atoms with van der Waals surface area (Å²) in [6, 6.07) is 5.51. The Kier molecular flexibility index (Phi) is 5.64. The molecule has 1 fully saturated rings. The maximum absolute atomic E-state index is 12.3. The quantitative estimate of drug-likeness (QED) is 0.807. The topological polar surface area (TPSA) is 49.9 Å². The molecule has 5 nitrogen and oxygen atoms in total. The second-order valence-electron chi connectivity index (χ2n) is 6.07. The van der Waals surface area contributed by atoms with E-state index >= 15 is 0 Å². The number of ether oxygens (including phenoxy) is 1. The lowest BCUT2D eigenvalue weighted by Crippen LogP contribution is -2.59. The highest BCUT2D eigenvalue weighted by Crippen LogP contribution is 2.21. The summed E-state index contributed by atoms with van der Waals surface area (Å²) in [6.45, 7) is 9.50. The molecule has 1 aromatic carbocycles. The van der Waals surface area contributed by atoms with E-state index < -0.39 is 6.04 Å². The summed E-state index contributed by atoms with van der Waals surface area (Å²) in [7, 11) is 0. The number of amides is 2. The molecule has 126 valence electrons. The number of aryl methyl sites for hydroxylation is 1. The molecule has 2 amide bonds. The van der Waals surface area contributed by atoms with Gasteiger partial charge in [-0.25, -0.2) is 0 Å². The normalized spacial score (nSPS) is 18.5. The lowest BCUT2D eigenvalue weighted by Gasteiger charge is -2.38. The van der Waals surface area contributed by atoms with E-state index in [4.69, 9.17) is 4.74 Å². The second kappa shape index (κ2) is 7.49. The summed E-state index contributed by atoms with van der Waals surface area (Å²) in [5, 5.41) is 0. The van der Waals surface area contributed by atoms with Gasteiger partial charge in [-0.05, 0) is 44.4 Å². The third kappa shape index (κ3) is 3.84. The molecule has 0 aromatic heterocycles. The van der Waals surface area contributed by atoms with Gasteiger partial charge in [0.2, 0.25) is 11.8 Å². The van der Waals surface area contributed by atoms with E-state index in [1.165, 1.54) is 5.56 Å². The van der Waals surface area contributed by atoms with Gasteiger partial charge in [-0.3, -0.25) is 9.59 Å². The fourth-order valence-corrected chi connectivity index (χ4v) is 2.86. The molecule has 1 saturated heterocycles. The highest BCUT2D eigenvalue weighted by Gasteiger charge is 2.35. The highest BCUT2D eigenvalue weighted by atomic mass is 16.5. The van der Waals surface area contributed by atoms with Crippen molar-refractivity contribution in [3.05, 3.63) is 29.3 Å². The molecular formula is C18H26N2O3. The molecule has 1 aromatic rings. The predicted octanol–water partition coefficient (Wildman–Crippen LogP) is 2.15. The molecule has 1 atom stereocenters. The van der Waals surface area contributed by atoms with Gasteiger partial charge >= 0.3 is 0 Å². The zero-order valence-electron chi connectivity index (χ0n) is 14.5. The van der Waals surface area contributed by atoms with Crippen molar-refractivity contribution in [2.24, 2.45) is 0 Å². The van der Waals surface area contributed by atoms with E-state index in [-0.39, 0.29) is 18.4 Å². The first-order valence-electron chi connectivity index (χ1n) is 8.23. The number of piperazine rings is 1. The molecule has 2 rings (SSSR count). The van der Waals surface area contributed by atoms with Crippen molar-refractivity contribution >= 4 is 11.8 Å². The van der Waals surface area contributed by atoms with Crippen LogP contribution in [0.1, 0.15) is 31.4 Å². The molecule has 1 heterocycles. The van der Waals surface area contributed by atoms with E-state index in [0.717, 1.165) is 17.7 Å². The fourth-order valence-electron chi connectivity index (χ4n) is 2.86. The first-order chi connectivity index (χ1) is 11.0. The maximum atomic E-state index is 12.3. The Morgan fingerprint density at radius 3 is 2.65 bits per heavy atom. The van der Waals surface area contributed by atoms with Gasteiger partial charge in [0.1, 0.15) is 18.4 Å². The predicted molar refractivity (Wildman–Crippen MR) is 89.5 cm³/mol. The summed E-state index contributed by atoms with van der Waals surface area (Å²) < 4.78 is 5.81. The van der Waals surface area contributed by atoms with Crippen molar-refractivity contribution in [1.29, 1.82) is 0 Å². The number of nitrogens with zero attached hydrogens (tertiary/aromatic N) is 2. The smallest absolute Gasteiger partial charge is 0.245 e. The van der Waals surface area contributed by atoms with Crippen LogP contribution in [0.4, 0.5) is 0 Å². The van der Waals surface area contributed by atoms with Crippen LogP contribution in [0.5, 0.6) is 5.75 Å². The molecule has 0 saturated carbocycles. The van der Waals surface area contributed by atoms with Crippen LogP contribution in [0.3, 0.4) is 0 Å². The molecule has 0 unspecified atom stereocenters. The van der Waals surface area contributed by atoms with E-state index in [0.29, 0.717) is 19.7 Å². The maximum Gasteiger partial charge on any atom is 0.245 e. The van der Waals surface area contributed by atoms with E-state index in [9.17, 15) is 9.59 Å². The Morgan fingerprint density at radius 2 is 1.96 bits per heavy atom. The average Bonchev–Trinajstić information content (AvgIpc) is 2.52. The van der Waals surface area contributed by atoms with Gasteiger partial charge in [0.25, 0.3) is 0 Å². The Bertz CT molecular complexity index is 586. The van der Waals surface area contributed by atoms with Crippen molar-refractivity contribution in [3.63, 3.8) is 0 Å². The lowest BCUT2D eigenvalue weighted by molar-refractivity contribution is -0.155. The van der Waals surface area contributed by atoms with Gasteiger partial charge < -0.3 is 14.5 Å². The van der Waals surface area contributed by atoms with Crippen molar-refractivity contribution in [2.45, 2.75) is 40.2 Å². The van der Waals surface area contributed by atoms with Crippen molar-refractivity contribution in [1.82, 2.24) is 9.80 Å². The summed E-state index contributed by atoms with van der Waals surface area (Å²) in [5.74, 6) is 0.856. The van der Waals surface area contributed by atoms with Gasteiger partial charge in [0.15, 0.2) is 0 Å². The van der Waals surface area contributed by atoms with Crippen LogP contribution < -0.4 is 4.74 Å². The van der Waals surface area contributed by atoms with Crippen molar-refractivity contribution < 1.29 is 14.3 Å². The van der Waals surface area contributed by atoms with Crippen LogP contribution in [-0.4, -0.2) is 53.9 Å². The fraction of sp³-hybridized carbons (Fsp3) is 0.556. The van der Waals surface area contributed by atoms with Gasteiger partial charge in [-0.15, -0.1) is 0 Å². The third-order valence-electron chi connectivity index (χ3n) is 4.42. The van der Waals surface area contributed by atoms with Crippen molar-refractivity contribution in [2.75, 3.05) is 26.2 Å². The van der Waals surface area contributed by atoms with Crippen LogP contribution in [0.25, 0.3) is 0 Å². The highest BCUT2D eigenvalue weighted by molar-refractivity contribution is 5.94. The monoisotopic (exact) mass is 318 g/mol.